The summed E-state index contributed by atoms with van der Waals surface area (Å²) in [5, 5.41) is 8.69. The molecule has 1 aliphatic rings. The average Bonchev–Trinajstić information content (AvgIpc) is 3.14. The van der Waals surface area contributed by atoms with E-state index in [2.05, 4.69) is 35.1 Å². The molecule has 7 nitrogen and oxygen atoms in total. The number of ether oxygens (including phenoxy) is 1. The van der Waals surface area contributed by atoms with Crippen LogP contribution in [0.15, 0.2) is 57.4 Å². The molecule has 2 aromatic rings. The molecule has 3 heterocycles. The number of allylic oxidation sites excluding steroid dienone is 3. The molecule has 0 saturated heterocycles. The van der Waals surface area contributed by atoms with Crippen LogP contribution in [0.1, 0.15) is 45.7 Å². The lowest BCUT2D eigenvalue weighted by Gasteiger charge is -2.20. The van der Waals surface area contributed by atoms with Crippen molar-refractivity contribution in [3.05, 3.63) is 63.5 Å². The number of aliphatic imine (C=N–C) groups is 1. The predicted molar refractivity (Wildman–Crippen MR) is 115 cm³/mol. The van der Waals surface area contributed by atoms with E-state index in [-0.39, 0.29) is 11.5 Å². The van der Waals surface area contributed by atoms with E-state index in [0.29, 0.717) is 12.1 Å². The van der Waals surface area contributed by atoms with Crippen molar-refractivity contribution in [2.24, 2.45) is 12.0 Å². The fraction of sp³-hybridized carbons (Fsp3) is 0.455. The zero-order valence-electron chi connectivity index (χ0n) is 17.6. The van der Waals surface area contributed by atoms with E-state index in [9.17, 15) is 4.79 Å². The molecule has 1 unspecified atom stereocenters. The number of hydrogen-bond acceptors (Lipinski definition) is 5. The molecule has 29 heavy (non-hydrogen) atoms. The van der Waals surface area contributed by atoms with Crippen molar-refractivity contribution in [3.63, 3.8) is 0 Å². The Hall–Kier alpha value is -2.80. The lowest BCUT2D eigenvalue weighted by molar-refractivity contribution is 0.101. The standard InChI is InChI=1S/C22H29N5O2/c1-5-9-29-19-12-17(20(6-2)23-14-19)10-16(3)11-21-22(28)7-8-27(25-21)18-13-24-26(4)15-18/h7-8,10,13-15,19H,5-6,9,11-12H2,1-4H3/b16-10+. The van der Waals surface area contributed by atoms with Gasteiger partial charge in [-0.05, 0) is 25.3 Å². The van der Waals surface area contributed by atoms with Crippen molar-refractivity contribution in [2.75, 3.05) is 6.61 Å². The molecule has 0 radical (unpaired) electrons. The van der Waals surface area contributed by atoms with Gasteiger partial charge in [0.1, 0.15) is 11.4 Å². The van der Waals surface area contributed by atoms with E-state index in [0.717, 1.165) is 42.8 Å². The molecule has 0 bridgehead atoms. The van der Waals surface area contributed by atoms with E-state index in [4.69, 9.17) is 4.74 Å². The monoisotopic (exact) mass is 395 g/mol. The van der Waals surface area contributed by atoms with E-state index < -0.39 is 0 Å². The molecule has 0 saturated carbocycles. The van der Waals surface area contributed by atoms with Crippen molar-refractivity contribution in [2.45, 2.75) is 52.6 Å². The van der Waals surface area contributed by atoms with Crippen LogP contribution >= 0.6 is 0 Å². The first-order valence-electron chi connectivity index (χ1n) is 10.1. The summed E-state index contributed by atoms with van der Waals surface area (Å²) < 4.78 is 9.25. The average molecular weight is 396 g/mol. The van der Waals surface area contributed by atoms with Gasteiger partial charge in [0.05, 0.1) is 18.5 Å². The summed E-state index contributed by atoms with van der Waals surface area (Å²) in [6.45, 7) is 6.97. The maximum Gasteiger partial charge on any atom is 0.203 e. The minimum atomic E-state index is -0.0617. The molecule has 0 aromatic carbocycles. The highest BCUT2D eigenvalue weighted by Gasteiger charge is 2.16. The van der Waals surface area contributed by atoms with Crippen LogP contribution < -0.4 is 5.43 Å². The fourth-order valence-corrected chi connectivity index (χ4v) is 3.33. The third kappa shape index (κ3) is 5.38. The molecule has 154 valence electrons. The van der Waals surface area contributed by atoms with Gasteiger partial charge in [0.15, 0.2) is 0 Å². The van der Waals surface area contributed by atoms with E-state index in [1.807, 2.05) is 26.4 Å². The molecule has 2 aromatic heterocycles. The van der Waals surface area contributed by atoms with Gasteiger partial charge in [-0.3, -0.25) is 14.5 Å². The van der Waals surface area contributed by atoms with Gasteiger partial charge in [0.25, 0.3) is 0 Å². The second kappa shape index (κ2) is 9.60. The van der Waals surface area contributed by atoms with E-state index in [1.165, 1.54) is 5.57 Å². The Kier molecular flexibility index (Phi) is 6.93. The summed E-state index contributed by atoms with van der Waals surface area (Å²) in [5.74, 6) is 0. The molecule has 3 rings (SSSR count). The minimum Gasteiger partial charge on any atom is -0.372 e. The van der Waals surface area contributed by atoms with Crippen LogP contribution in [0, 0.1) is 0 Å². The maximum absolute atomic E-state index is 12.3. The zero-order valence-corrected chi connectivity index (χ0v) is 17.6. The predicted octanol–water partition coefficient (Wildman–Crippen LogP) is 3.39. The number of aryl methyl sites for hydroxylation is 1. The summed E-state index contributed by atoms with van der Waals surface area (Å²) >= 11 is 0. The van der Waals surface area contributed by atoms with Gasteiger partial charge in [-0.1, -0.05) is 25.5 Å². The number of hydrogen-bond donors (Lipinski definition) is 0. The highest BCUT2D eigenvalue weighted by molar-refractivity contribution is 5.68. The molecular weight excluding hydrogens is 366 g/mol. The third-order valence-electron chi connectivity index (χ3n) is 4.76. The quantitative estimate of drug-likeness (QED) is 0.687. The Morgan fingerprint density at radius 1 is 1.38 bits per heavy atom. The normalized spacial score (nSPS) is 17.2. The molecule has 0 amide bonds. The van der Waals surface area contributed by atoms with Crippen LogP contribution in [0.3, 0.4) is 0 Å². The van der Waals surface area contributed by atoms with Crippen LogP contribution in [-0.2, 0) is 18.2 Å². The molecule has 7 heteroatoms. The van der Waals surface area contributed by atoms with Gasteiger partial charge < -0.3 is 4.74 Å². The molecule has 0 fully saturated rings. The topological polar surface area (TPSA) is 74.3 Å². The van der Waals surface area contributed by atoms with Crippen LogP contribution in [-0.4, -0.2) is 38.5 Å². The van der Waals surface area contributed by atoms with E-state index >= 15 is 0 Å². The van der Waals surface area contributed by atoms with Gasteiger partial charge in [0, 0.05) is 50.7 Å². The number of rotatable bonds is 8. The summed E-state index contributed by atoms with van der Waals surface area (Å²) in [6.07, 6.45) is 12.5. The van der Waals surface area contributed by atoms with Crippen LogP contribution in [0.25, 0.3) is 5.69 Å². The Balaban J connectivity index is 1.80. The second-order valence-corrected chi connectivity index (χ2v) is 7.33. The van der Waals surface area contributed by atoms with Gasteiger partial charge >= 0.3 is 0 Å². The molecule has 1 aliphatic heterocycles. The Bertz CT molecular complexity index is 997. The van der Waals surface area contributed by atoms with Crippen LogP contribution in [0.2, 0.25) is 0 Å². The lowest BCUT2D eigenvalue weighted by atomic mass is 9.98. The van der Waals surface area contributed by atoms with Crippen molar-refractivity contribution in [1.29, 1.82) is 0 Å². The van der Waals surface area contributed by atoms with Crippen LogP contribution in [0.5, 0.6) is 0 Å². The third-order valence-corrected chi connectivity index (χ3v) is 4.76. The summed E-state index contributed by atoms with van der Waals surface area (Å²) in [6, 6.07) is 1.55. The van der Waals surface area contributed by atoms with Crippen molar-refractivity contribution < 1.29 is 4.74 Å². The summed E-state index contributed by atoms with van der Waals surface area (Å²) in [4.78, 5) is 16.9. The number of aromatic nitrogens is 4. The summed E-state index contributed by atoms with van der Waals surface area (Å²) in [7, 11) is 1.85. The van der Waals surface area contributed by atoms with Gasteiger partial charge in [-0.2, -0.15) is 10.2 Å². The smallest absolute Gasteiger partial charge is 0.203 e. The number of nitrogens with zero attached hydrogens (tertiary/aromatic N) is 5. The van der Waals surface area contributed by atoms with E-state index in [1.54, 1.807) is 27.8 Å². The maximum atomic E-state index is 12.3. The molecular formula is C22H29N5O2. The SMILES string of the molecule is CCCOC1C=NC(CC)=C(/C=C(\C)Cc2nn(-c3cnn(C)c3)ccc2=O)C1. The lowest BCUT2D eigenvalue weighted by Crippen LogP contribution is -2.20. The second-order valence-electron chi connectivity index (χ2n) is 7.33. The Morgan fingerprint density at radius 2 is 2.21 bits per heavy atom. The fourth-order valence-electron chi connectivity index (χ4n) is 3.33. The first kappa shape index (κ1) is 20.9. The van der Waals surface area contributed by atoms with Gasteiger partial charge in [-0.15, -0.1) is 0 Å². The van der Waals surface area contributed by atoms with Crippen molar-refractivity contribution in [3.8, 4) is 5.69 Å². The first-order valence-corrected chi connectivity index (χ1v) is 10.1. The molecule has 0 spiro atoms. The highest BCUT2D eigenvalue weighted by Crippen LogP contribution is 2.24. The van der Waals surface area contributed by atoms with Crippen LogP contribution in [0.4, 0.5) is 0 Å². The molecule has 0 N–H and O–H groups in total. The van der Waals surface area contributed by atoms with Crippen molar-refractivity contribution in [1.82, 2.24) is 19.6 Å². The van der Waals surface area contributed by atoms with Gasteiger partial charge in [0.2, 0.25) is 5.43 Å². The first-order chi connectivity index (χ1) is 14.0. The van der Waals surface area contributed by atoms with Crippen molar-refractivity contribution >= 4 is 6.21 Å². The van der Waals surface area contributed by atoms with Gasteiger partial charge in [-0.25, -0.2) is 4.68 Å². The highest BCUT2D eigenvalue weighted by atomic mass is 16.5. The Morgan fingerprint density at radius 3 is 2.90 bits per heavy atom. The Labute approximate surface area is 171 Å². The zero-order chi connectivity index (χ0) is 20.8. The minimum absolute atomic E-state index is 0.0157. The molecule has 0 aliphatic carbocycles. The molecule has 1 atom stereocenters. The summed E-state index contributed by atoms with van der Waals surface area (Å²) in [5.41, 5.74) is 4.61. The largest absolute Gasteiger partial charge is 0.372 e.